The molecular formula is C25H28N2O4. The van der Waals surface area contributed by atoms with Crippen LogP contribution in [-0.2, 0) is 0 Å². The summed E-state index contributed by atoms with van der Waals surface area (Å²) in [6.07, 6.45) is 0. The van der Waals surface area contributed by atoms with E-state index in [2.05, 4.69) is 0 Å². The molecule has 6 heteroatoms. The van der Waals surface area contributed by atoms with E-state index in [0.717, 1.165) is 22.4 Å². The van der Waals surface area contributed by atoms with Gasteiger partial charge < -0.3 is 19.0 Å². The Hall–Kier alpha value is -3.12. The fourth-order valence-corrected chi connectivity index (χ4v) is 4.07. The summed E-state index contributed by atoms with van der Waals surface area (Å²) < 4.78 is 11.6. The lowest BCUT2D eigenvalue weighted by Gasteiger charge is -2.26. The highest BCUT2D eigenvalue weighted by Gasteiger charge is 2.42. The molecule has 4 rings (SSSR count). The van der Waals surface area contributed by atoms with Gasteiger partial charge in [-0.3, -0.25) is 9.59 Å². The molecule has 0 saturated carbocycles. The SMILES string of the molecule is CCOc1ccc(C2c3c(oc4cc(C)c(C)cc4c3=O)C(=O)N2CCN(C)C)cc1. The molecule has 2 aromatic carbocycles. The molecule has 6 nitrogen and oxygen atoms in total. The van der Waals surface area contributed by atoms with Crippen LogP contribution in [0.5, 0.6) is 5.75 Å². The van der Waals surface area contributed by atoms with Gasteiger partial charge in [0, 0.05) is 13.1 Å². The van der Waals surface area contributed by atoms with E-state index in [9.17, 15) is 9.59 Å². The Morgan fingerprint density at radius 3 is 2.39 bits per heavy atom. The Bertz CT molecular complexity index is 1190. The zero-order chi connectivity index (χ0) is 22.3. The lowest BCUT2D eigenvalue weighted by Crippen LogP contribution is -2.35. The summed E-state index contributed by atoms with van der Waals surface area (Å²) in [5, 5.41) is 0.514. The maximum absolute atomic E-state index is 13.6. The number of rotatable bonds is 6. The molecule has 1 unspecified atom stereocenters. The van der Waals surface area contributed by atoms with Crippen molar-refractivity contribution in [2.75, 3.05) is 33.8 Å². The van der Waals surface area contributed by atoms with Crippen molar-refractivity contribution in [2.24, 2.45) is 0 Å². The third-order valence-electron chi connectivity index (χ3n) is 5.88. The van der Waals surface area contributed by atoms with Gasteiger partial charge in [-0.1, -0.05) is 12.1 Å². The van der Waals surface area contributed by atoms with Crippen LogP contribution in [0.25, 0.3) is 11.0 Å². The Morgan fingerprint density at radius 1 is 1.06 bits per heavy atom. The van der Waals surface area contributed by atoms with Crippen LogP contribution in [0, 0.1) is 13.8 Å². The molecule has 1 amide bonds. The maximum Gasteiger partial charge on any atom is 0.290 e. The Labute approximate surface area is 182 Å². The highest BCUT2D eigenvalue weighted by atomic mass is 16.5. The summed E-state index contributed by atoms with van der Waals surface area (Å²) in [4.78, 5) is 30.7. The molecule has 1 aliphatic rings. The van der Waals surface area contributed by atoms with Crippen molar-refractivity contribution in [2.45, 2.75) is 26.8 Å². The minimum atomic E-state index is -0.486. The standard InChI is InChI=1S/C25H28N2O4/c1-6-30-18-9-7-17(8-10-18)22-21-23(28)19-13-15(2)16(3)14-20(19)31-24(21)25(29)27(22)12-11-26(4)5/h7-10,13-14,22H,6,11-12H2,1-5H3. The monoisotopic (exact) mass is 420 g/mol. The van der Waals surface area contributed by atoms with Crippen molar-refractivity contribution >= 4 is 16.9 Å². The molecule has 0 spiro atoms. The largest absolute Gasteiger partial charge is 0.494 e. The van der Waals surface area contributed by atoms with Gasteiger partial charge in [-0.25, -0.2) is 0 Å². The van der Waals surface area contributed by atoms with E-state index in [1.165, 1.54) is 0 Å². The molecule has 0 bridgehead atoms. The quantitative estimate of drug-likeness (QED) is 0.605. The first-order chi connectivity index (χ1) is 14.8. The van der Waals surface area contributed by atoms with E-state index in [-0.39, 0.29) is 17.1 Å². The lowest BCUT2D eigenvalue weighted by atomic mass is 9.97. The second-order valence-corrected chi connectivity index (χ2v) is 8.31. The number of nitrogens with zero attached hydrogens (tertiary/aromatic N) is 2. The van der Waals surface area contributed by atoms with Gasteiger partial charge in [0.05, 0.1) is 23.6 Å². The predicted molar refractivity (Wildman–Crippen MR) is 121 cm³/mol. The third kappa shape index (κ3) is 3.72. The molecule has 31 heavy (non-hydrogen) atoms. The summed E-state index contributed by atoms with van der Waals surface area (Å²) >= 11 is 0. The van der Waals surface area contributed by atoms with E-state index < -0.39 is 6.04 Å². The minimum Gasteiger partial charge on any atom is -0.494 e. The smallest absolute Gasteiger partial charge is 0.290 e. The van der Waals surface area contributed by atoms with E-state index in [1.54, 1.807) is 4.90 Å². The lowest BCUT2D eigenvalue weighted by molar-refractivity contribution is 0.0716. The number of hydrogen-bond acceptors (Lipinski definition) is 5. The average molecular weight is 421 g/mol. The number of carbonyl (C=O) groups excluding carboxylic acids is 1. The van der Waals surface area contributed by atoms with Gasteiger partial charge in [-0.05, 0) is 75.8 Å². The van der Waals surface area contributed by atoms with Crippen LogP contribution in [0.2, 0.25) is 0 Å². The first kappa shape index (κ1) is 21.1. The summed E-state index contributed by atoms with van der Waals surface area (Å²) in [5.74, 6) is 0.665. The minimum absolute atomic E-state index is 0.140. The van der Waals surface area contributed by atoms with Gasteiger partial charge in [-0.15, -0.1) is 0 Å². The number of aryl methyl sites for hydroxylation is 2. The number of ether oxygens (including phenoxy) is 1. The van der Waals surface area contributed by atoms with Gasteiger partial charge in [-0.2, -0.15) is 0 Å². The van der Waals surface area contributed by atoms with Crippen molar-refractivity contribution in [1.29, 1.82) is 0 Å². The van der Waals surface area contributed by atoms with Crippen LogP contribution in [0.1, 0.15) is 45.8 Å². The summed E-state index contributed by atoms with van der Waals surface area (Å²) in [5.41, 5.74) is 3.65. The molecule has 0 fully saturated rings. The molecule has 1 aromatic heterocycles. The highest BCUT2D eigenvalue weighted by molar-refractivity contribution is 5.99. The molecule has 0 saturated heterocycles. The van der Waals surface area contributed by atoms with E-state index in [0.29, 0.717) is 36.2 Å². The molecule has 0 N–H and O–H groups in total. The summed E-state index contributed by atoms with van der Waals surface area (Å²) in [7, 11) is 3.92. The van der Waals surface area contributed by atoms with Crippen LogP contribution in [-0.4, -0.2) is 49.5 Å². The molecule has 1 atom stereocenters. The zero-order valence-electron chi connectivity index (χ0n) is 18.7. The Balaban J connectivity index is 1.90. The van der Waals surface area contributed by atoms with E-state index in [1.807, 2.05) is 76.2 Å². The number of amides is 1. The van der Waals surface area contributed by atoms with Gasteiger partial charge in [0.1, 0.15) is 11.3 Å². The van der Waals surface area contributed by atoms with Gasteiger partial charge in [0.2, 0.25) is 5.76 Å². The van der Waals surface area contributed by atoms with Crippen LogP contribution >= 0.6 is 0 Å². The van der Waals surface area contributed by atoms with Crippen LogP contribution in [0.15, 0.2) is 45.6 Å². The maximum atomic E-state index is 13.6. The molecule has 1 aliphatic heterocycles. The topological polar surface area (TPSA) is 63.0 Å². The van der Waals surface area contributed by atoms with Crippen molar-refractivity contribution in [3.63, 3.8) is 0 Å². The van der Waals surface area contributed by atoms with Crippen molar-refractivity contribution in [3.8, 4) is 5.75 Å². The zero-order valence-corrected chi connectivity index (χ0v) is 18.7. The third-order valence-corrected chi connectivity index (χ3v) is 5.88. The van der Waals surface area contributed by atoms with E-state index in [4.69, 9.17) is 9.15 Å². The second kappa shape index (κ2) is 8.19. The fourth-order valence-electron chi connectivity index (χ4n) is 4.07. The Kier molecular flexibility index (Phi) is 5.58. The molecule has 162 valence electrons. The van der Waals surface area contributed by atoms with Gasteiger partial charge in [0.25, 0.3) is 5.91 Å². The number of likely N-dealkylation sites (N-methyl/N-ethyl adjacent to an activating group) is 1. The van der Waals surface area contributed by atoms with Crippen molar-refractivity contribution in [3.05, 3.63) is 74.6 Å². The first-order valence-electron chi connectivity index (χ1n) is 10.6. The second-order valence-electron chi connectivity index (χ2n) is 8.31. The number of fused-ring (bicyclic) bond motifs is 2. The normalized spacial score (nSPS) is 15.7. The van der Waals surface area contributed by atoms with Crippen LogP contribution in [0.4, 0.5) is 0 Å². The molecule has 2 heterocycles. The van der Waals surface area contributed by atoms with Gasteiger partial charge in [0.15, 0.2) is 5.43 Å². The highest BCUT2D eigenvalue weighted by Crippen LogP contribution is 2.38. The molecule has 0 radical (unpaired) electrons. The summed E-state index contributed by atoms with van der Waals surface area (Å²) in [6, 6.07) is 10.8. The van der Waals surface area contributed by atoms with Crippen molar-refractivity contribution < 1.29 is 13.9 Å². The first-order valence-corrected chi connectivity index (χ1v) is 10.6. The van der Waals surface area contributed by atoms with E-state index >= 15 is 0 Å². The molecular weight excluding hydrogens is 392 g/mol. The van der Waals surface area contributed by atoms with Crippen LogP contribution in [0.3, 0.4) is 0 Å². The Morgan fingerprint density at radius 2 is 1.74 bits per heavy atom. The van der Waals surface area contributed by atoms with Crippen LogP contribution < -0.4 is 10.2 Å². The molecule has 3 aromatic rings. The number of carbonyl (C=O) groups is 1. The predicted octanol–water partition coefficient (Wildman–Crippen LogP) is 3.92. The van der Waals surface area contributed by atoms with Crippen molar-refractivity contribution in [1.82, 2.24) is 9.80 Å². The number of benzene rings is 2. The average Bonchev–Trinajstić information content (AvgIpc) is 3.01. The fraction of sp³-hybridized carbons (Fsp3) is 0.360. The molecule has 0 aliphatic carbocycles. The number of hydrogen-bond donors (Lipinski definition) is 0. The van der Waals surface area contributed by atoms with Gasteiger partial charge >= 0.3 is 0 Å². The summed E-state index contributed by atoms with van der Waals surface area (Å²) in [6.45, 7) is 7.62.